The molecular weight excluding hydrogens is 596 g/mol. The molecule has 1 aliphatic heterocycles. The lowest BCUT2D eigenvalue weighted by Gasteiger charge is -2.41. The second-order valence-electron chi connectivity index (χ2n) is 11.4. The highest BCUT2D eigenvalue weighted by Crippen LogP contribution is 2.26. The lowest BCUT2D eigenvalue weighted by molar-refractivity contribution is -0.301. The maximum atomic E-state index is 12.4. The van der Waals surface area contributed by atoms with Gasteiger partial charge in [-0.1, -0.05) is 83.8 Å². The molecule has 4 N–H and O–H groups in total. The van der Waals surface area contributed by atoms with Crippen molar-refractivity contribution in [1.82, 2.24) is 0 Å². The number of aliphatic hydroxyl groups excluding tert-OH is 3. The highest BCUT2D eigenvalue weighted by molar-refractivity contribution is 7.80. The lowest BCUT2D eigenvalue weighted by Crippen LogP contribution is -2.60. The zero-order chi connectivity index (χ0) is 32.6. The van der Waals surface area contributed by atoms with Crippen LogP contribution in [0.1, 0.15) is 117 Å². The van der Waals surface area contributed by atoms with Gasteiger partial charge in [-0.2, -0.15) is 8.42 Å². The summed E-state index contributed by atoms with van der Waals surface area (Å²) >= 11 is 0. The first kappa shape index (κ1) is 40.9. The van der Waals surface area contributed by atoms with Gasteiger partial charge in [0.15, 0.2) is 6.29 Å². The molecule has 0 aromatic carbocycles. The van der Waals surface area contributed by atoms with E-state index in [-0.39, 0.29) is 19.6 Å². The standard InChI is InChI=1S/C31H58O12S/c1-3-5-7-8-9-10-11-12-13-14-15-16-17-19-21-39-23-25(41-27(33)20-18-6-4-2)24-40-31-29(35)30(43-44(36,37)38)28(34)26(22-32)42-31/h10-11,25-26,28-32,34-35H,3-9,12-24H2,1-2H3,(H,36,37,38)/b11-10-. The van der Waals surface area contributed by atoms with Crippen molar-refractivity contribution in [2.75, 3.05) is 26.4 Å². The molecule has 0 saturated carbocycles. The van der Waals surface area contributed by atoms with Gasteiger partial charge in [-0.3, -0.25) is 9.35 Å². The van der Waals surface area contributed by atoms with E-state index in [2.05, 4.69) is 23.3 Å². The summed E-state index contributed by atoms with van der Waals surface area (Å²) in [7, 11) is -5.04. The molecule has 44 heavy (non-hydrogen) atoms. The molecule has 12 nitrogen and oxygen atoms in total. The Morgan fingerprint density at radius 1 is 0.841 bits per heavy atom. The second-order valence-corrected chi connectivity index (χ2v) is 12.5. The fraction of sp³-hybridized carbons (Fsp3) is 0.903. The molecule has 1 heterocycles. The first-order chi connectivity index (χ1) is 21.1. The van der Waals surface area contributed by atoms with Crippen LogP contribution in [0.3, 0.4) is 0 Å². The maximum absolute atomic E-state index is 12.4. The number of allylic oxidation sites excluding steroid dienone is 2. The second kappa shape index (κ2) is 25.0. The number of hydrogen-bond acceptors (Lipinski definition) is 11. The Morgan fingerprint density at radius 2 is 1.43 bits per heavy atom. The minimum absolute atomic E-state index is 0.0319. The molecule has 6 atom stereocenters. The zero-order valence-electron chi connectivity index (χ0n) is 26.7. The van der Waals surface area contributed by atoms with Crippen LogP contribution in [0, 0.1) is 0 Å². The van der Waals surface area contributed by atoms with Crippen LogP contribution in [0.2, 0.25) is 0 Å². The first-order valence-electron chi connectivity index (χ1n) is 16.4. The van der Waals surface area contributed by atoms with Crippen molar-refractivity contribution in [1.29, 1.82) is 0 Å². The summed E-state index contributed by atoms with van der Waals surface area (Å²) in [6.45, 7) is 3.73. The summed E-state index contributed by atoms with van der Waals surface area (Å²) in [5.74, 6) is -0.427. The summed E-state index contributed by atoms with van der Waals surface area (Å²) in [5, 5.41) is 30.2. The Bertz CT molecular complexity index is 853. The molecule has 6 unspecified atom stereocenters. The summed E-state index contributed by atoms with van der Waals surface area (Å²) < 4.78 is 58.1. The highest BCUT2D eigenvalue weighted by Gasteiger charge is 2.48. The largest absolute Gasteiger partial charge is 0.457 e. The summed E-state index contributed by atoms with van der Waals surface area (Å²) in [6, 6.07) is 0. The van der Waals surface area contributed by atoms with Crippen LogP contribution in [-0.2, 0) is 38.3 Å². The van der Waals surface area contributed by atoms with Crippen LogP contribution < -0.4 is 0 Å². The fourth-order valence-electron chi connectivity index (χ4n) is 4.84. The van der Waals surface area contributed by atoms with E-state index in [4.69, 9.17) is 23.5 Å². The Kier molecular flexibility index (Phi) is 23.2. The van der Waals surface area contributed by atoms with E-state index in [9.17, 15) is 28.5 Å². The van der Waals surface area contributed by atoms with Gasteiger partial charge < -0.3 is 34.3 Å². The Morgan fingerprint density at radius 3 is 2.05 bits per heavy atom. The van der Waals surface area contributed by atoms with Crippen molar-refractivity contribution in [3.63, 3.8) is 0 Å². The fourth-order valence-corrected chi connectivity index (χ4v) is 5.35. The molecule has 0 bridgehead atoms. The Labute approximate surface area is 264 Å². The molecule has 0 amide bonds. The van der Waals surface area contributed by atoms with E-state index in [0.717, 1.165) is 38.5 Å². The lowest BCUT2D eigenvalue weighted by atomic mass is 9.99. The molecule has 0 radical (unpaired) electrons. The molecule has 1 rings (SSSR count). The smallest absolute Gasteiger partial charge is 0.397 e. The van der Waals surface area contributed by atoms with Gasteiger partial charge in [0.25, 0.3) is 0 Å². The van der Waals surface area contributed by atoms with Crippen molar-refractivity contribution < 1.29 is 56.2 Å². The quantitative estimate of drug-likeness (QED) is 0.0425. The van der Waals surface area contributed by atoms with Gasteiger partial charge in [-0.15, -0.1) is 0 Å². The summed E-state index contributed by atoms with van der Waals surface area (Å²) in [6.07, 6.45) is 12.2. The SMILES string of the molecule is CCCCCC/C=C\CCCCCCCCOCC(COC1OC(CO)C(O)C(OS(=O)(=O)O)C1O)OC(=O)CCCCC. The number of rotatable bonds is 27. The van der Waals surface area contributed by atoms with Gasteiger partial charge in [0.2, 0.25) is 0 Å². The third-order valence-corrected chi connectivity index (χ3v) is 7.85. The van der Waals surface area contributed by atoms with Crippen LogP contribution in [-0.4, -0.2) is 97.5 Å². The number of esters is 1. The summed E-state index contributed by atoms with van der Waals surface area (Å²) in [5.41, 5.74) is 0. The molecule has 1 aliphatic rings. The molecule has 1 saturated heterocycles. The molecule has 13 heteroatoms. The molecule has 260 valence electrons. The predicted octanol–water partition coefficient (Wildman–Crippen LogP) is 4.40. The van der Waals surface area contributed by atoms with E-state index in [1.54, 1.807) is 0 Å². The average Bonchev–Trinajstić information content (AvgIpc) is 2.98. The van der Waals surface area contributed by atoms with E-state index in [1.165, 1.54) is 51.4 Å². The van der Waals surface area contributed by atoms with Gasteiger partial charge in [0.05, 0.1) is 19.8 Å². The predicted molar refractivity (Wildman–Crippen MR) is 165 cm³/mol. The number of carbonyl (C=O) groups excluding carboxylic acids is 1. The molecule has 0 aromatic heterocycles. The van der Waals surface area contributed by atoms with Gasteiger partial charge in [-0.05, 0) is 38.5 Å². The molecule has 0 aliphatic carbocycles. The third-order valence-electron chi connectivity index (χ3n) is 7.39. The van der Waals surface area contributed by atoms with E-state index >= 15 is 0 Å². The summed E-state index contributed by atoms with van der Waals surface area (Å²) in [4.78, 5) is 12.4. The third kappa shape index (κ3) is 19.4. The minimum atomic E-state index is -5.04. The van der Waals surface area contributed by atoms with E-state index in [1.807, 2.05) is 6.92 Å². The zero-order valence-corrected chi connectivity index (χ0v) is 27.5. The van der Waals surface area contributed by atoms with Crippen molar-refractivity contribution in [3.8, 4) is 0 Å². The Hall–Kier alpha value is -1.16. The van der Waals surface area contributed by atoms with Gasteiger partial charge in [-0.25, -0.2) is 4.18 Å². The normalized spacial score (nSPS) is 23.3. The topological polar surface area (TPSA) is 178 Å². The molecular formula is C31H58O12S. The highest BCUT2D eigenvalue weighted by atomic mass is 32.3. The van der Waals surface area contributed by atoms with Crippen LogP contribution >= 0.6 is 0 Å². The monoisotopic (exact) mass is 654 g/mol. The van der Waals surface area contributed by atoms with E-state index < -0.39 is 59.8 Å². The molecule has 1 fully saturated rings. The minimum Gasteiger partial charge on any atom is -0.457 e. The van der Waals surface area contributed by atoms with Gasteiger partial charge in [0.1, 0.15) is 30.5 Å². The molecule has 0 spiro atoms. The van der Waals surface area contributed by atoms with Crippen molar-refractivity contribution >= 4 is 16.4 Å². The number of unbranched alkanes of at least 4 members (excludes halogenated alkanes) is 12. The number of carbonyl (C=O) groups is 1. The van der Waals surface area contributed by atoms with Crippen molar-refractivity contribution in [3.05, 3.63) is 12.2 Å². The molecule has 0 aromatic rings. The maximum Gasteiger partial charge on any atom is 0.397 e. The number of aliphatic hydroxyl groups is 3. The van der Waals surface area contributed by atoms with Gasteiger partial charge >= 0.3 is 16.4 Å². The van der Waals surface area contributed by atoms with Gasteiger partial charge in [0, 0.05) is 13.0 Å². The van der Waals surface area contributed by atoms with Crippen molar-refractivity contribution in [2.45, 2.75) is 153 Å². The number of ether oxygens (including phenoxy) is 4. The van der Waals surface area contributed by atoms with Crippen LogP contribution in [0.15, 0.2) is 12.2 Å². The first-order valence-corrected chi connectivity index (χ1v) is 17.8. The number of hydrogen-bond donors (Lipinski definition) is 4. The average molecular weight is 655 g/mol. The Balaban J connectivity index is 2.44. The van der Waals surface area contributed by atoms with Crippen LogP contribution in [0.25, 0.3) is 0 Å². The van der Waals surface area contributed by atoms with Crippen LogP contribution in [0.4, 0.5) is 0 Å². The van der Waals surface area contributed by atoms with Crippen LogP contribution in [0.5, 0.6) is 0 Å². The van der Waals surface area contributed by atoms with E-state index in [0.29, 0.717) is 13.0 Å². The van der Waals surface area contributed by atoms with Crippen molar-refractivity contribution in [2.24, 2.45) is 0 Å².